The quantitative estimate of drug-likeness (QED) is 0.473. The summed E-state index contributed by atoms with van der Waals surface area (Å²) in [6.07, 6.45) is 2.08. The molecule has 4 rings (SSSR count). The molecular formula is C27H26N4O2. The Morgan fingerprint density at radius 2 is 1.67 bits per heavy atom. The van der Waals surface area contributed by atoms with Gasteiger partial charge >= 0.3 is 0 Å². The van der Waals surface area contributed by atoms with Crippen LogP contribution in [-0.4, -0.2) is 40.6 Å². The van der Waals surface area contributed by atoms with E-state index in [0.717, 1.165) is 22.4 Å². The number of likely N-dealkylation sites (N-methyl/N-ethyl adjacent to an activating group) is 1. The van der Waals surface area contributed by atoms with E-state index in [1.54, 1.807) is 29.9 Å². The Morgan fingerprint density at radius 1 is 0.939 bits per heavy atom. The highest BCUT2D eigenvalue weighted by Gasteiger charge is 2.19. The second kappa shape index (κ2) is 9.53. The summed E-state index contributed by atoms with van der Waals surface area (Å²) in [6, 6.07) is 25.0. The lowest BCUT2D eigenvalue weighted by Gasteiger charge is -2.10. The fourth-order valence-corrected chi connectivity index (χ4v) is 3.50. The van der Waals surface area contributed by atoms with E-state index < -0.39 is 0 Å². The maximum absolute atomic E-state index is 13.3. The SMILES string of the molecule is Cc1cccc(-c2nn(-c3ccccc3)cc2C(=O)Nc2ccc(CC(=O)N(C)C)cc2)c1. The maximum atomic E-state index is 13.3. The molecule has 1 aromatic heterocycles. The van der Waals surface area contributed by atoms with Gasteiger partial charge in [0.25, 0.3) is 5.91 Å². The van der Waals surface area contributed by atoms with Crippen LogP contribution >= 0.6 is 0 Å². The molecule has 4 aromatic rings. The predicted octanol–water partition coefficient (Wildman–Crippen LogP) is 4.73. The van der Waals surface area contributed by atoms with Gasteiger partial charge in [-0.1, -0.05) is 54.1 Å². The first-order valence-electron chi connectivity index (χ1n) is 10.7. The molecule has 0 saturated heterocycles. The van der Waals surface area contributed by atoms with Gasteiger partial charge in [-0.3, -0.25) is 9.59 Å². The number of hydrogen-bond donors (Lipinski definition) is 1. The number of carbonyl (C=O) groups excluding carboxylic acids is 2. The monoisotopic (exact) mass is 438 g/mol. The summed E-state index contributed by atoms with van der Waals surface area (Å²) in [4.78, 5) is 26.7. The fourth-order valence-electron chi connectivity index (χ4n) is 3.50. The van der Waals surface area contributed by atoms with Crippen molar-refractivity contribution in [1.29, 1.82) is 0 Å². The standard InChI is InChI=1S/C27H26N4O2/c1-19-8-7-9-21(16-19)26-24(18-31(29-26)23-10-5-4-6-11-23)27(33)28-22-14-12-20(13-15-22)17-25(32)30(2)3/h4-16,18H,17H2,1-3H3,(H,28,33). The zero-order valence-electron chi connectivity index (χ0n) is 18.9. The first-order valence-corrected chi connectivity index (χ1v) is 10.7. The lowest BCUT2D eigenvalue weighted by Crippen LogP contribution is -2.23. The summed E-state index contributed by atoms with van der Waals surface area (Å²) in [7, 11) is 3.47. The Labute approximate surface area is 193 Å². The van der Waals surface area contributed by atoms with Crippen molar-refractivity contribution in [3.05, 3.63) is 102 Å². The predicted molar refractivity (Wildman–Crippen MR) is 131 cm³/mol. The van der Waals surface area contributed by atoms with Crippen molar-refractivity contribution in [3.8, 4) is 16.9 Å². The number of benzene rings is 3. The normalized spacial score (nSPS) is 10.6. The summed E-state index contributed by atoms with van der Waals surface area (Å²) < 4.78 is 1.72. The first kappa shape index (κ1) is 22.0. The van der Waals surface area contributed by atoms with E-state index in [-0.39, 0.29) is 11.8 Å². The van der Waals surface area contributed by atoms with Gasteiger partial charge < -0.3 is 10.2 Å². The Hall–Kier alpha value is -4.19. The molecule has 0 aliphatic heterocycles. The van der Waals surface area contributed by atoms with Gasteiger partial charge in [0.1, 0.15) is 5.69 Å². The molecule has 33 heavy (non-hydrogen) atoms. The molecule has 0 radical (unpaired) electrons. The van der Waals surface area contributed by atoms with Gasteiger partial charge in [0.15, 0.2) is 0 Å². The zero-order chi connectivity index (χ0) is 23.4. The van der Waals surface area contributed by atoms with Crippen molar-refractivity contribution in [3.63, 3.8) is 0 Å². The largest absolute Gasteiger partial charge is 0.349 e. The van der Waals surface area contributed by atoms with Crippen molar-refractivity contribution >= 4 is 17.5 Å². The van der Waals surface area contributed by atoms with Crippen LogP contribution < -0.4 is 5.32 Å². The van der Waals surface area contributed by atoms with Crippen molar-refractivity contribution < 1.29 is 9.59 Å². The number of rotatable bonds is 6. The van der Waals surface area contributed by atoms with Crippen LogP contribution in [0, 0.1) is 6.92 Å². The number of para-hydroxylation sites is 1. The van der Waals surface area contributed by atoms with E-state index in [9.17, 15) is 9.59 Å². The minimum atomic E-state index is -0.245. The van der Waals surface area contributed by atoms with Gasteiger partial charge in [-0.2, -0.15) is 5.10 Å². The second-order valence-electron chi connectivity index (χ2n) is 8.16. The van der Waals surface area contributed by atoms with Crippen LogP contribution in [0.15, 0.2) is 85.1 Å². The molecule has 2 amide bonds. The van der Waals surface area contributed by atoms with Crippen LogP contribution in [0.5, 0.6) is 0 Å². The van der Waals surface area contributed by atoms with Crippen LogP contribution in [0.25, 0.3) is 16.9 Å². The molecule has 0 spiro atoms. The van der Waals surface area contributed by atoms with Crippen molar-refractivity contribution in [1.82, 2.24) is 14.7 Å². The molecule has 0 bridgehead atoms. The summed E-state index contributed by atoms with van der Waals surface area (Å²) in [5, 5.41) is 7.69. The second-order valence-corrected chi connectivity index (χ2v) is 8.16. The van der Waals surface area contributed by atoms with Crippen LogP contribution in [0.2, 0.25) is 0 Å². The Morgan fingerprint density at radius 3 is 2.33 bits per heavy atom. The third-order valence-electron chi connectivity index (χ3n) is 5.34. The smallest absolute Gasteiger partial charge is 0.259 e. The van der Waals surface area contributed by atoms with Crippen LogP contribution in [0.3, 0.4) is 0 Å². The van der Waals surface area contributed by atoms with E-state index in [4.69, 9.17) is 5.10 Å². The molecule has 0 unspecified atom stereocenters. The molecule has 6 nitrogen and oxygen atoms in total. The fraction of sp³-hybridized carbons (Fsp3) is 0.148. The Kier molecular flexibility index (Phi) is 6.36. The maximum Gasteiger partial charge on any atom is 0.259 e. The zero-order valence-corrected chi connectivity index (χ0v) is 18.9. The van der Waals surface area contributed by atoms with E-state index in [1.807, 2.05) is 85.8 Å². The lowest BCUT2D eigenvalue weighted by molar-refractivity contribution is -0.127. The van der Waals surface area contributed by atoms with Gasteiger partial charge in [-0.05, 0) is 42.8 Å². The molecule has 166 valence electrons. The Bertz CT molecular complexity index is 1280. The summed E-state index contributed by atoms with van der Waals surface area (Å²) in [5.74, 6) is -0.214. The molecule has 0 aliphatic carbocycles. The Balaban J connectivity index is 1.62. The lowest BCUT2D eigenvalue weighted by atomic mass is 10.1. The van der Waals surface area contributed by atoms with Crippen LogP contribution in [0.4, 0.5) is 5.69 Å². The summed E-state index contributed by atoms with van der Waals surface area (Å²) in [5.41, 5.74) is 5.50. The summed E-state index contributed by atoms with van der Waals surface area (Å²) >= 11 is 0. The van der Waals surface area contributed by atoms with Crippen LogP contribution in [0.1, 0.15) is 21.5 Å². The van der Waals surface area contributed by atoms with E-state index in [2.05, 4.69) is 5.32 Å². The molecule has 0 saturated carbocycles. The highest BCUT2D eigenvalue weighted by molar-refractivity contribution is 6.08. The number of amides is 2. The van der Waals surface area contributed by atoms with E-state index >= 15 is 0 Å². The van der Waals surface area contributed by atoms with E-state index in [1.165, 1.54) is 0 Å². The average molecular weight is 439 g/mol. The van der Waals surface area contributed by atoms with Crippen molar-refractivity contribution in [2.75, 3.05) is 19.4 Å². The number of nitrogens with one attached hydrogen (secondary N) is 1. The molecule has 1 heterocycles. The van der Waals surface area contributed by atoms with Crippen molar-refractivity contribution in [2.45, 2.75) is 13.3 Å². The number of nitrogens with zero attached hydrogens (tertiary/aromatic N) is 3. The molecule has 0 aliphatic rings. The van der Waals surface area contributed by atoms with Crippen molar-refractivity contribution in [2.24, 2.45) is 0 Å². The number of carbonyl (C=O) groups is 2. The number of hydrogen-bond acceptors (Lipinski definition) is 3. The highest BCUT2D eigenvalue weighted by atomic mass is 16.2. The topological polar surface area (TPSA) is 67.2 Å². The average Bonchev–Trinajstić information content (AvgIpc) is 3.27. The van der Waals surface area contributed by atoms with Gasteiger partial charge in [0, 0.05) is 31.5 Å². The van der Waals surface area contributed by atoms with E-state index in [0.29, 0.717) is 23.4 Å². The minimum Gasteiger partial charge on any atom is -0.349 e. The molecular weight excluding hydrogens is 412 g/mol. The number of anilines is 1. The third-order valence-corrected chi connectivity index (χ3v) is 5.34. The van der Waals surface area contributed by atoms with Gasteiger partial charge in [0.05, 0.1) is 17.7 Å². The third kappa shape index (κ3) is 5.18. The van der Waals surface area contributed by atoms with Crippen LogP contribution in [-0.2, 0) is 11.2 Å². The molecule has 6 heteroatoms. The highest BCUT2D eigenvalue weighted by Crippen LogP contribution is 2.25. The molecule has 3 aromatic carbocycles. The van der Waals surface area contributed by atoms with Gasteiger partial charge in [-0.25, -0.2) is 4.68 Å². The minimum absolute atomic E-state index is 0.0305. The van der Waals surface area contributed by atoms with Gasteiger partial charge in [0.2, 0.25) is 5.91 Å². The van der Waals surface area contributed by atoms with Gasteiger partial charge in [-0.15, -0.1) is 0 Å². The molecule has 1 N–H and O–H groups in total. The first-order chi connectivity index (χ1) is 15.9. The molecule has 0 fully saturated rings. The number of aryl methyl sites for hydroxylation is 1. The number of aromatic nitrogens is 2. The molecule has 0 atom stereocenters. The summed E-state index contributed by atoms with van der Waals surface area (Å²) in [6.45, 7) is 2.01.